The zero-order chi connectivity index (χ0) is 42.0. The van der Waals surface area contributed by atoms with Crippen LogP contribution in [-0.4, -0.2) is 0 Å². The molecule has 0 atom stereocenters. The lowest BCUT2D eigenvalue weighted by atomic mass is 9.87. The average molecular weight is 802 g/mol. The molecular formula is C62H43N. The van der Waals surface area contributed by atoms with Gasteiger partial charge in [-0.1, -0.05) is 218 Å². The maximum atomic E-state index is 2.47. The highest BCUT2D eigenvalue weighted by Crippen LogP contribution is 2.49. The van der Waals surface area contributed by atoms with Crippen LogP contribution >= 0.6 is 0 Å². The SMILES string of the molecule is c1ccc(-c2ccc(-c3c(-c4cc5ccccc5c5ccccc45)cccc3N(c3ccc(-c4ccccc4)cc3)c3cc(-c4ccccc4)cc(-c4ccccc4)c3)cc2)cc1. The van der Waals surface area contributed by atoms with Gasteiger partial charge in [-0.05, 0) is 125 Å². The van der Waals surface area contributed by atoms with E-state index in [-0.39, 0.29) is 0 Å². The van der Waals surface area contributed by atoms with Crippen molar-refractivity contribution in [1.29, 1.82) is 0 Å². The molecule has 0 fully saturated rings. The molecule has 0 unspecified atom stereocenters. The second kappa shape index (κ2) is 16.7. The van der Waals surface area contributed by atoms with Crippen LogP contribution in [0, 0.1) is 0 Å². The van der Waals surface area contributed by atoms with Crippen molar-refractivity contribution in [2.45, 2.75) is 0 Å². The highest BCUT2D eigenvalue weighted by Gasteiger charge is 2.23. The van der Waals surface area contributed by atoms with E-state index in [4.69, 9.17) is 0 Å². The topological polar surface area (TPSA) is 3.24 Å². The molecule has 0 N–H and O–H groups in total. The van der Waals surface area contributed by atoms with Gasteiger partial charge in [0.2, 0.25) is 0 Å². The first-order valence-corrected chi connectivity index (χ1v) is 21.7. The van der Waals surface area contributed by atoms with Crippen molar-refractivity contribution < 1.29 is 0 Å². The Kier molecular flexibility index (Phi) is 9.97. The van der Waals surface area contributed by atoms with Crippen LogP contribution in [-0.2, 0) is 0 Å². The zero-order valence-electron chi connectivity index (χ0n) is 34.8. The fraction of sp³-hybridized carbons (Fsp3) is 0. The molecule has 0 aliphatic rings. The molecule has 11 aromatic carbocycles. The van der Waals surface area contributed by atoms with Gasteiger partial charge in [0.25, 0.3) is 0 Å². The standard InChI is InChI=1S/C62H43N/c1-5-18-44(19-6-1)48-32-34-50(35-33-48)62-59(60-43-51-26-13-14-27-56(51)57-28-15-16-29-58(57)60)30-17-31-61(62)63(54-38-36-49(37-39-54)45-20-7-2-8-21-45)55-41-52(46-22-9-3-10-23-46)40-53(42-55)47-24-11-4-12-25-47/h1-43H. The number of fused-ring (bicyclic) bond motifs is 3. The molecule has 296 valence electrons. The molecule has 1 heteroatoms. The van der Waals surface area contributed by atoms with Crippen molar-refractivity contribution in [1.82, 2.24) is 0 Å². The van der Waals surface area contributed by atoms with Crippen molar-refractivity contribution in [2.24, 2.45) is 0 Å². The Balaban J connectivity index is 1.21. The van der Waals surface area contributed by atoms with Crippen molar-refractivity contribution >= 4 is 38.6 Å². The summed E-state index contributed by atoms with van der Waals surface area (Å²) in [4.78, 5) is 2.47. The van der Waals surface area contributed by atoms with E-state index in [1.165, 1.54) is 66.1 Å². The summed E-state index contributed by atoms with van der Waals surface area (Å²) in [6.07, 6.45) is 0. The first-order chi connectivity index (χ1) is 31.2. The maximum absolute atomic E-state index is 2.47. The van der Waals surface area contributed by atoms with Crippen molar-refractivity contribution in [3.63, 3.8) is 0 Å². The molecule has 0 heterocycles. The van der Waals surface area contributed by atoms with E-state index in [9.17, 15) is 0 Å². The predicted molar refractivity (Wildman–Crippen MR) is 269 cm³/mol. The lowest BCUT2D eigenvalue weighted by molar-refractivity contribution is 1.28. The summed E-state index contributed by atoms with van der Waals surface area (Å²) in [7, 11) is 0. The van der Waals surface area contributed by atoms with Gasteiger partial charge in [-0.25, -0.2) is 0 Å². The maximum Gasteiger partial charge on any atom is 0.0546 e. The number of hydrogen-bond acceptors (Lipinski definition) is 1. The Morgan fingerprint density at radius 1 is 0.222 bits per heavy atom. The second-order valence-electron chi connectivity index (χ2n) is 16.1. The Hall–Kier alpha value is -8.26. The van der Waals surface area contributed by atoms with Crippen molar-refractivity contribution in [2.75, 3.05) is 4.90 Å². The van der Waals surface area contributed by atoms with Gasteiger partial charge >= 0.3 is 0 Å². The number of hydrogen-bond donors (Lipinski definition) is 0. The van der Waals surface area contributed by atoms with E-state index < -0.39 is 0 Å². The van der Waals surface area contributed by atoms with Gasteiger partial charge < -0.3 is 4.90 Å². The van der Waals surface area contributed by atoms with Crippen LogP contribution in [0.15, 0.2) is 261 Å². The summed E-state index contributed by atoms with van der Waals surface area (Å²) in [5.41, 5.74) is 17.3. The molecule has 0 bridgehead atoms. The zero-order valence-corrected chi connectivity index (χ0v) is 34.8. The van der Waals surface area contributed by atoms with Crippen molar-refractivity contribution in [3.05, 3.63) is 261 Å². The predicted octanol–water partition coefficient (Wildman–Crippen LogP) is 17.5. The molecule has 0 radical (unpaired) electrons. The van der Waals surface area contributed by atoms with Crippen LogP contribution in [0.25, 0.3) is 88.3 Å². The Bertz CT molecular complexity index is 3280. The van der Waals surface area contributed by atoms with E-state index in [0.29, 0.717) is 0 Å². The molecule has 0 spiro atoms. The summed E-state index contributed by atoms with van der Waals surface area (Å²) >= 11 is 0. The lowest BCUT2D eigenvalue weighted by Crippen LogP contribution is -2.12. The highest BCUT2D eigenvalue weighted by atomic mass is 15.1. The van der Waals surface area contributed by atoms with Gasteiger partial charge in [0.1, 0.15) is 0 Å². The lowest BCUT2D eigenvalue weighted by Gasteiger charge is -2.30. The minimum atomic E-state index is 1.07. The summed E-state index contributed by atoms with van der Waals surface area (Å²) in [5.74, 6) is 0. The van der Waals surface area contributed by atoms with E-state index in [1.54, 1.807) is 0 Å². The molecule has 63 heavy (non-hydrogen) atoms. The molecule has 0 saturated carbocycles. The molecule has 1 nitrogen and oxygen atoms in total. The largest absolute Gasteiger partial charge is 0.310 e. The molecule has 11 aromatic rings. The van der Waals surface area contributed by atoms with Crippen molar-refractivity contribution in [3.8, 4) is 66.8 Å². The van der Waals surface area contributed by atoms with Crippen LogP contribution in [0.1, 0.15) is 0 Å². The first kappa shape index (κ1) is 37.7. The van der Waals surface area contributed by atoms with Gasteiger partial charge in [0.05, 0.1) is 5.69 Å². The fourth-order valence-corrected chi connectivity index (χ4v) is 9.19. The molecule has 0 aliphatic heterocycles. The molecule has 0 amide bonds. The van der Waals surface area contributed by atoms with Gasteiger partial charge in [0.15, 0.2) is 0 Å². The minimum Gasteiger partial charge on any atom is -0.310 e. The summed E-state index contributed by atoms with van der Waals surface area (Å²) in [6, 6.07) is 94.9. The summed E-state index contributed by atoms with van der Waals surface area (Å²) < 4.78 is 0. The number of benzene rings is 11. The van der Waals surface area contributed by atoms with Crippen LogP contribution < -0.4 is 4.90 Å². The minimum absolute atomic E-state index is 1.07. The quantitative estimate of drug-likeness (QED) is 0.131. The molecule has 0 saturated heterocycles. The average Bonchev–Trinajstić information content (AvgIpc) is 3.37. The molecule has 0 aliphatic carbocycles. The first-order valence-electron chi connectivity index (χ1n) is 21.7. The second-order valence-corrected chi connectivity index (χ2v) is 16.1. The van der Waals surface area contributed by atoms with Gasteiger partial charge in [-0.15, -0.1) is 0 Å². The number of rotatable bonds is 9. The third-order valence-corrected chi connectivity index (χ3v) is 12.2. The Labute approximate surface area is 369 Å². The molecule has 11 rings (SSSR count). The third kappa shape index (κ3) is 7.37. The summed E-state index contributed by atoms with van der Waals surface area (Å²) in [5, 5.41) is 4.95. The van der Waals surface area contributed by atoms with E-state index >= 15 is 0 Å². The monoisotopic (exact) mass is 801 g/mol. The van der Waals surface area contributed by atoms with Gasteiger partial charge in [-0.3, -0.25) is 0 Å². The number of nitrogens with zero attached hydrogens (tertiary/aromatic N) is 1. The van der Waals surface area contributed by atoms with Crippen LogP contribution in [0.5, 0.6) is 0 Å². The smallest absolute Gasteiger partial charge is 0.0546 e. The van der Waals surface area contributed by atoms with Gasteiger partial charge in [-0.2, -0.15) is 0 Å². The summed E-state index contributed by atoms with van der Waals surface area (Å²) in [6.45, 7) is 0. The van der Waals surface area contributed by atoms with Crippen LogP contribution in [0.2, 0.25) is 0 Å². The van der Waals surface area contributed by atoms with E-state index in [0.717, 1.165) is 39.3 Å². The molecule has 0 aromatic heterocycles. The highest BCUT2D eigenvalue weighted by molar-refractivity contribution is 6.15. The Morgan fingerprint density at radius 3 is 1.21 bits per heavy atom. The van der Waals surface area contributed by atoms with Crippen LogP contribution in [0.3, 0.4) is 0 Å². The van der Waals surface area contributed by atoms with E-state index in [2.05, 4.69) is 266 Å². The molecular weight excluding hydrogens is 759 g/mol. The third-order valence-electron chi connectivity index (χ3n) is 12.2. The Morgan fingerprint density at radius 2 is 0.651 bits per heavy atom. The van der Waals surface area contributed by atoms with Crippen LogP contribution in [0.4, 0.5) is 17.1 Å². The van der Waals surface area contributed by atoms with E-state index in [1.807, 2.05) is 0 Å². The van der Waals surface area contributed by atoms with Gasteiger partial charge in [0, 0.05) is 16.9 Å². The number of anilines is 3. The normalized spacial score (nSPS) is 11.2. The fourth-order valence-electron chi connectivity index (χ4n) is 9.19.